The molecule has 0 spiro atoms. The van der Waals surface area contributed by atoms with Gasteiger partial charge in [0.1, 0.15) is 11.3 Å². The van der Waals surface area contributed by atoms with Gasteiger partial charge in [0.25, 0.3) is 5.91 Å². The third kappa shape index (κ3) is 6.07. The zero-order valence-corrected chi connectivity index (χ0v) is 18.9. The van der Waals surface area contributed by atoms with Gasteiger partial charge in [0.2, 0.25) is 11.8 Å². The standard InChI is InChI=1S/C24H16F4N6O3/c1-13(14-4-6-15(7-5-14)16-8-9-19(25)29-11-16)32-21(35)17-12-30-20(18-3-2-10-31-34-18)33-22(17)37-23(36)24(26,27)28/h2-13H,1H3,(H,32,35)/t13-/m0/s1. The number of esters is 1. The van der Waals surface area contributed by atoms with E-state index in [9.17, 15) is 27.2 Å². The van der Waals surface area contributed by atoms with Gasteiger partial charge in [0.15, 0.2) is 5.82 Å². The van der Waals surface area contributed by atoms with Crippen molar-refractivity contribution in [1.29, 1.82) is 0 Å². The number of hydrogen-bond donors (Lipinski definition) is 1. The summed E-state index contributed by atoms with van der Waals surface area (Å²) in [5.74, 6) is -5.12. The normalized spacial score (nSPS) is 12.0. The predicted molar refractivity (Wildman–Crippen MR) is 120 cm³/mol. The molecule has 4 rings (SSSR count). The SMILES string of the molecule is C[C@H](NC(=O)c1cnc(-c2cccnn2)nc1OC(=O)C(F)(F)F)c1ccc(-c2ccc(F)nc2)cc1. The molecule has 9 nitrogen and oxygen atoms in total. The van der Waals surface area contributed by atoms with Gasteiger partial charge in [-0.1, -0.05) is 24.3 Å². The Bertz CT molecular complexity index is 1420. The highest BCUT2D eigenvalue weighted by atomic mass is 19.4. The molecule has 0 fully saturated rings. The van der Waals surface area contributed by atoms with E-state index in [0.29, 0.717) is 11.1 Å². The van der Waals surface area contributed by atoms with Crippen molar-refractivity contribution in [3.63, 3.8) is 0 Å². The van der Waals surface area contributed by atoms with Gasteiger partial charge >= 0.3 is 12.1 Å². The molecule has 13 heteroatoms. The van der Waals surface area contributed by atoms with Crippen LogP contribution in [0.2, 0.25) is 0 Å². The number of pyridine rings is 1. The summed E-state index contributed by atoms with van der Waals surface area (Å²) < 4.78 is 55.9. The van der Waals surface area contributed by atoms with Gasteiger partial charge in [-0.3, -0.25) is 4.79 Å². The largest absolute Gasteiger partial charge is 0.491 e. The minimum atomic E-state index is -5.32. The van der Waals surface area contributed by atoms with Crippen LogP contribution in [0.1, 0.15) is 28.9 Å². The lowest BCUT2D eigenvalue weighted by atomic mass is 10.0. The van der Waals surface area contributed by atoms with Crippen LogP contribution in [0.4, 0.5) is 17.6 Å². The van der Waals surface area contributed by atoms with Crippen molar-refractivity contribution < 1.29 is 31.9 Å². The van der Waals surface area contributed by atoms with Crippen molar-refractivity contribution in [2.75, 3.05) is 0 Å². The molecule has 0 saturated heterocycles. The number of aromatic nitrogens is 5. The molecule has 0 unspecified atom stereocenters. The molecule has 1 aromatic carbocycles. The second kappa shape index (κ2) is 10.4. The van der Waals surface area contributed by atoms with Crippen LogP contribution < -0.4 is 10.1 Å². The van der Waals surface area contributed by atoms with E-state index in [-0.39, 0.29) is 11.5 Å². The zero-order chi connectivity index (χ0) is 26.6. The second-order valence-electron chi connectivity index (χ2n) is 7.60. The number of ether oxygens (including phenoxy) is 1. The molecule has 0 aliphatic rings. The molecule has 0 aliphatic carbocycles. The van der Waals surface area contributed by atoms with E-state index in [1.807, 2.05) is 0 Å². The molecule has 0 saturated carbocycles. The molecule has 3 aromatic heterocycles. The molecule has 37 heavy (non-hydrogen) atoms. The highest BCUT2D eigenvalue weighted by Crippen LogP contribution is 2.25. The lowest BCUT2D eigenvalue weighted by Gasteiger charge is -2.16. The van der Waals surface area contributed by atoms with Gasteiger partial charge < -0.3 is 10.1 Å². The number of halogens is 4. The first-order chi connectivity index (χ1) is 17.6. The van der Waals surface area contributed by atoms with Crippen LogP contribution in [-0.2, 0) is 4.79 Å². The second-order valence-corrected chi connectivity index (χ2v) is 7.60. The van der Waals surface area contributed by atoms with E-state index >= 15 is 0 Å². The molecule has 4 aromatic rings. The third-order valence-electron chi connectivity index (χ3n) is 5.04. The topological polar surface area (TPSA) is 120 Å². The number of rotatable bonds is 6. The van der Waals surface area contributed by atoms with Crippen LogP contribution in [0.25, 0.3) is 22.6 Å². The fourth-order valence-electron chi connectivity index (χ4n) is 3.16. The van der Waals surface area contributed by atoms with Gasteiger partial charge in [-0.2, -0.15) is 27.6 Å². The Hall–Kier alpha value is -4.81. The minimum Gasteiger partial charge on any atom is -0.400 e. The first-order valence-corrected chi connectivity index (χ1v) is 10.6. The van der Waals surface area contributed by atoms with Crippen molar-refractivity contribution >= 4 is 11.9 Å². The zero-order valence-electron chi connectivity index (χ0n) is 18.9. The average molecular weight is 512 g/mol. The number of nitrogens with one attached hydrogen (secondary N) is 1. The van der Waals surface area contributed by atoms with Crippen molar-refractivity contribution in [2.45, 2.75) is 19.1 Å². The molecule has 1 N–H and O–H groups in total. The summed E-state index contributed by atoms with van der Waals surface area (Å²) in [6, 6.07) is 12.0. The number of hydrogen-bond acceptors (Lipinski definition) is 8. The lowest BCUT2D eigenvalue weighted by molar-refractivity contribution is -0.190. The van der Waals surface area contributed by atoms with Gasteiger partial charge in [-0.05, 0) is 42.3 Å². The fourth-order valence-corrected chi connectivity index (χ4v) is 3.16. The molecule has 188 valence electrons. The van der Waals surface area contributed by atoms with Crippen molar-refractivity contribution in [3.8, 4) is 28.5 Å². The van der Waals surface area contributed by atoms with Crippen molar-refractivity contribution in [1.82, 2.24) is 30.5 Å². The maximum atomic E-state index is 13.0. The first kappa shape index (κ1) is 25.3. The van der Waals surface area contributed by atoms with E-state index in [0.717, 1.165) is 11.8 Å². The van der Waals surface area contributed by atoms with E-state index in [1.54, 1.807) is 37.3 Å². The molecule has 0 aliphatic heterocycles. The summed E-state index contributed by atoms with van der Waals surface area (Å²) in [7, 11) is 0. The smallest absolute Gasteiger partial charge is 0.400 e. The highest BCUT2D eigenvalue weighted by Gasteiger charge is 2.42. The summed E-state index contributed by atoms with van der Waals surface area (Å²) in [6.45, 7) is 1.64. The lowest BCUT2D eigenvalue weighted by Crippen LogP contribution is -2.31. The molecule has 0 radical (unpaired) electrons. The summed E-state index contributed by atoms with van der Waals surface area (Å²) >= 11 is 0. The van der Waals surface area contributed by atoms with E-state index in [1.165, 1.54) is 30.6 Å². The molecule has 3 heterocycles. The van der Waals surface area contributed by atoms with Gasteiger partial charge in [-0.15, -0.1) is 5.10 Å². The number of amides is 1. The minimum absolute atomic E-state index is 0.0866. The van der Waals surface area contributed by atoms with Gasteiger partial charge in [0.05, 0.1) is 6.04 Å². The maximum absolute atomic E-state index is 13.0. The molecular formula is C24H16F4N6O3. The Morgan fingerprint density at radius 3 is 2.32 bits per heavy atom. The van der Waals surface area contributed by atoms with Crippen LogP contribution >= 0.6 is 0 Å². The Morgan fingerprint density at radius 2 is 1.70 bits per heavy atom. The van der Waals surface area contributed by atoms with Crippen LogP contribution in [-0.4, -0.2) is 43.2 Å². The summed E-state index contributed by atoms with van der Waals surface area (Å²) in [5, 5.41) is 10.00. The number of benzene rings is 1. The molecule has 1 amide bonds. The number of carbonyl (C=O) groups is 2. The maximum Gasteiger partial charge on any atom is 0.491 e. The first-order valence-electron chi connectivity index (χ1n) is 10.6. The van der Waals surface area contributed by atoms with Crippen LogP contribution in [0.3, 0.4) is 0 Å². The monoisotopic (exact) mass is 512 g/mol. The van der Waals surface area contributed by atoms with Crippen LogP contribution in [0.5, 0.6) is 5.88 Å². The number of nitrogens with zero attached hydrogens (tertiary/aromatic N) is 5. The summed E-state index contributed by atoms with van der Waals surface area (Å²) in [4.78, 5) is 35.7. The Kier molecular flexibility index (Phi) is 7.13. The summed E-state index contributed by atoms with van der Waals surface area (Å²) in [6.07, 6.45) is -1.65. The summed E-state index contributed by atoms with van der Waals surface area (Å²) in [5.41, 5.74) is 1.68. The highest BCUT2D eigenvalue weighted by molar-refractivity contribution is 5.97. The number of alkyl halides is 3. The van der Waals surface area contributed by atoms with Gasteiger partial charge in [-0.25, -0.2) is 14.8 Å². The van der Waals surface area contributed by atoms with E-state index < -0.39 is 41.5 Å². The van der Waals surface area contributed by atoms with Gasteiger partial charge in [0, 0.05) is 24.2 Å². The van der Waals surface area contributed by atoms with E-state index in [4.69, 9.17) is 0 Å². The fraction of sp³-hybridized carbons (Fsp3) is 0.125. The third-order valence-corrected chi connectivity index (χ3v) is 5.04. The molecular weight excluding hydrogens is 496 g/mol. The quantitative estimate of drug-likeness (QED) is 0.233. The number of carbonyl (C=O) groups excluding carboxylic acids is 2. The Morgan fingerprint density at radius 1 is 0.973 bits per heavy atom. The Balaban J connectivity index is 1.56. The molecule has 0 bridgehead atoms. The van der Waals surface area contributed by atoms with Crippen molar-refractivity contribution in [2.24, 2.45) is 0 Å². The van der Waals surface area contributed by atoms with Crippen LogP contribution in [0, 0.1) is 5.95 Å². The average Bonchev–Trinajstić information content (AvgIpc) is 2.89. The predicted octanol–water partition coefficient (Wildman–Crippen LogP) is 4.09. The van der Waals surface area contributed by atoms with Crippen molar-refractivity contribution in [3.05, 3.63) is 84.2 Å². The molecule has 1 atom stereocenters. The van der Waals surface area contributed by atoms with Crippen LogP contribution in [0.15, 0.2) is 67.1 Å². The van der Waals surface area contributed by atoms with E-state index in [2.05, 4.69) is 35.2 Å². The Labute approximate surface area is 206 Å².